The van der Waals surface area contributed by atoms with Crippen LogP contribution in [0.4, 0.5) is 5.82 Å². The van der Waals surface area contributed by atoms with Crippen LogP contribution >= 0.6 is 0 Å². The molecule has 1 aromatic rings. The van der Waals surface area contributed by atoms with Crippen LogP contribution in [0.1, 0.15) is 38.5 Å². The van der Waals surface area contributed by atoms with Gasteiger partial charge < -0.3 is 4.90 Å². The number of pyridine rings is 1. The Bertz CT molecular complexity index is 638. The molecule has 1 aliphatic carbocycles. The second-order valence-electron chi connectivity index (χ2n) is 6.80. The van der Waals surface area contributed by atoms with E-state index in [1.807, 2.05) is 6.07 Å². The lowest BCUT2D eigenvalue weighted by Gasteiger charge is -2.28. The largest absolute Gasteiger partial charge is 0.353 e. The lowest BCUT2D eigenvalue weighted by atomic mass is 10.1. The zero-order valence-electron chi connectivity index (χ0n) is 12.8. The lowest BCUT2D eigenvalue weighted by Crippen LogP contribution is -2.36. The number of piperidine rings is 2. The number of hydrogen-bond donors (Lipinski definition) is 0. The molecule has 3 fully saturated rings. The van der Waals surface area contributed by atoms with E-state index in [1.54, 1.807) is 16.6 Å². The Labute approximate surface area is 132 Å². The fourth-order valence-corrected chi connectivity index (χ4v) is 5.62. The first-order chi connectivity index (χ1) is 10.6. The maximum Gasteiger partial charge on any atom is 0.244 e. The molecule has 2 unspecified atom stereocenters. The molecule has 2 bridgehead atoms. The normalized spacial score (nSPS) is 29.2. The van der Waals surface area contributed by atoms with E-state index in [2.05, 4.69) is 9.88 Å². The molecule has 6 heteroatoms. The molecular formula is C16H23N3O2S. The highest BCUT2D eigenvalue weighted by Gasteiger charge is 2.38. The van der Waals surface area contributed by atoms with Gasteiger partial charge in [-0.15, -0.1) is 0 Å². The maximum absolute atomic E-state index is 12.6. The van der Waals surface area contributed by atoms with E-state index >= 15 is 0 Å². The Morgan fingerprint density at radius 2 is 1.91 bits per heavy atom. The van der Waals surface area contributed by atoms with Crippen LogP contribution in [0.2, 0.25) is 0 Å². The molecule has 2 aliphatic heterocycles. The van der Waals surface area contributed by atoms with Gasteiger partial charge in [0.2, 0.25) is 10.0 Å². The summed E-state index contributed by atoms with van der Waals surface area (Å²) in [7, 11) is -3.36. The third-order valence-electron chi connectivity index (χ3n) is 5.38. The van der Waals surface area contributed by atoms with Gasteiger partial charge in [0.1, 0.15) is 10.7 Å². The minimum Gasteiger partial charge on any atom is -0.353 e. The first-order valence-electron chi connectivity index (χ1n) is 8.37. The van der Waals surface area contributed by atoms with Gasteiger partial charge in [0.25, 0.3) is 0 Å². The summed E-state index contributed by atoms with van der Waals surface area (Å²) in [4.78, 5) is 7.15. The monoisotopic (exact) mass is 321 g/mol. The van der Waals surface area contributed by atoms with Crippen LogP contribution in [0.5, 0.6) is 0 Å². The van der Waals surface area contributed by atoms with Crippen molar-refractivity contribution in [1.29, 1.82) is 0 Å². The number of nitrogens with zero attached hydrogens (tertiary/aromatic N) is 3. The average molecular weight is 321 g/mol. The predicted molar refractivity (Wildman–Crippen MR) is 85.3 cm³/mol. The summed E-state index contributed by atoms with van der Waals surface area (Å²) in [5.41, 5.74) is 0. The number of fused-ring (bicyclic) bond motifs is 2. The number of hydrogen-bond acceptors (Lipinski definition) is 4. The van der Waals surface area contributed by atoms with Crippen molar-refractivity contribution in [3.05, 3.63) is 18.3 Å². The van der Waals surface area contributed by atoms with Crippen LogP contribution in [0, 0.1) is 5.92 Å². The van der Waals surface area contributed by atoms with Crippen molar-refractivity contribution < 1.29 is 8.42 Å². The van der Waals surface area contributed by atoms with Crippen LogP contribution < -0.4 is 4.90 Å². The summed E-state index contributed by atoms with van der Waals surface area (Å²) < 4.78 is 26.8. The van der Waals surface area contributed by atoms with E-state index in [0.717, 1.165) is 37.5 Å². The van der Waals surface area contributed by atoms with E-state index < -0.39 is 10.0 Å². The highest BCUT2D eigenvalue weighted by atomic mass is 32.2. The van der Waals surface area contributed by atoms with Gasteiger partial charge in [0.15, 0.2) is 0 Å². The quantitative estimate of drug-likeness (QED) is 0.857. The number of aromatic nitrogens is 1. The smallest absolute Gasteiger partial charge is 0.244 e. The Balaban J connectivity index is 1.54. The molecule has 0 aromatic carbocycles. The van der Waals surface area contributed by atoms with Gasteiger partial charge in [-0.3, -0.25) is 0 Å². The average Bonchev–Trinajstić information content (AvgIpc) is 3.19. The minimum atomic E-state index is -3.36. The fourth-order valence-electron chi connectivity index (χ4n) is 4.15. The molecule has 2 atom stereocenters. The summed E-state index contributed by atoms with van der Waals surface area (Å²) in [5.74, 6) is 1.74. The van der Waals surface area contributed by atoms with E-state index in [-0.39, 0.29) is 0 Å². The highest BCUT2D eigenvalue weighted by molar-refractivity contribution is 7.89. The second-order valence-corrected chi connectivity index (χ2v) is 8.74. The van der Waals surface area contributed by atoms with Crippen LogP contribution in [-0.2, 0) is 10.0 Å². The van der Waals surface area contributed by atoms with Gasteiger partial charge in [-0.1, -0.05) is 6.42 Å². The second kappa shape index (κ2) is 5.49. The van der Waals surface area contributed by atoms with Gasteiger partial charge >= 0.3 is 0 Å². The third kappa shape index (κ3) is 2.42. The van der Waals surface area contributed by atoms with Crippen molar-refractivity contribution in [2.24, 2.45) is 5.92 Å². The van der Waals surface area contributed by atoms with E-state index in [9.17, 15) is 8.42 Å². The third-order valence-corrected chi connectivity index (χ3v) is 7.26. The summed E-state index contributed by atoms with van der Waals surface area (Å²) in [6.45, 7) is 2.36. The summed E-state index contributed by atoms with van der Waals surface area (Å²) in [6, 6.07) is 4.23. The molecule has 0 amide bonds. The van der Waals surface area contributed by atoms with Crippen LogP contribution in [0.15, 0.2) is 23.2 Å². The predicted octanol–water partition coefficient (Wildman–Crippen LogP) is 2.24. The molecule has 0 radical (unpaired) electrons. The molecule has 3 aliphatic rings. The van der Waals surface area contributed by atoms with E-state index in [4.69, 9.17) is 0 Å². The molecule has 1 saturated carbocycles. The van der Waals surface area contributed by atoms with Crippen molar-refractivity contribution in [2.45, 2.75) is 49.5 Å². The minimum absolute atomic E-state index is 0.336. The Hall–Kier alpha value is -1.14. The van der Waals surface area contributed by atoms with Gasteiger partial charge in [0, 0.05) is 31.9 Å². The number of anilines is 1. The Morgan fingerprint density at radius 3 is 2.50 bits per heavy atom. The van der Waals surface area contributed by atoms with Crippen LogP contribution in [-0.4, -0.2) is 43.4 Å². The molecular weight excluding hydrogens is 298 g/mol. The Kier molecular flexibility index (Phi) is 3.61. The van der Waals surface area contributed by atoms with Crippen molar-refractivity contribution in [3.8, 4) is 0 Å². The first kappa shape index (κ1) is 14.5. The van der Waals surface area contributed by atoms with Crippen LogP contribution in [0.25, 0.3) is 0 Å². The molecule has 3 heterocycles. The molecule has 1 aromatic heterocycles. The molecule has 5 nitrogen and oxygen atoms in total. The van der Waals surface area contributed by atoms with Crippen LogP contribution in [0.3, 0.4) is 0 Å². The zero-order valence-corrected chi connectivity index (χ0v) is 13.6. The molecule has 120 valence electrons. The SMILES string of the molecule is O=S(=O)(c1ccc(N2CC3CCC2C3)nc1)N1CCCCC1. The van der Waals surface area contributed by atoms with Crippen molar-refractivity contribution in [2.75, 3.05) is 24.5 Å². The molecule has 0 N–H and O–H groups in total. The zero-order chi connectivity index (χ0) is 15.2. The summed E-state index contributed by atoms with van der Waals surface area (Å²) >= 11 is 0. The fraction of sp³-hybridized carbons (Fsp3) is 0.688. The summed E-state index contributed by atoms with van der Waals surface area (Å²) in [6.07, 6.45) is 8.45. The van der Waals surface area contributed by atoms with Gasteiger partial charge in [-0.25, -0.2) is 13.4 Å². The van der Waals surface area contributed by atoms with Crippen molar-refractivity contribution in [3.63, 3.8) is 0 Å². The standard InChI is InChI=1S/C16H23N3O2S/c20-22(21,18-8-2-1-3-9-18)15-6-7-16(17-11-15)19-12-13-4-5-14(19)10-13/h6-7,11,13-14H,1-5,8-10,12H2. The van der Waals surface area contributed by atoms with Crippen molar-refractivity contribution in [1.82, 2.24) is 9.29 Å². The summed E-state index contributed by atoms with van der Waals surface area (Å²) in [5, 5.41) is 0. The van der Waals surface area contributed by atoms with E-state index in [0.29, 0.717) is 24.0 Å². The van der Waals surface area contributed by atoms with Gasteiger partial charge in [-0.2, -0.15) is 4.31 Å². The van der Waals surface area contributed by atoms with Crippen molar-refractivity contribution >= 4 is 15.8 Å². The highest BCUT2D eigenvalue weighted by Crippen LogP contribution is 2.39. The molecule has 0 spiro atoms. The number of rotatable bonds is 3. The lowest BCUT2D eigenvalue weighted by molar-refractivity contribution is 0.346. The van der Waals surface area contributed by atoms with E-state index in [1.165, 1.54) is 19.3 Å². The topological polar surface area (TPSA) is 53.5 Å². The first-order valence-corrected chi connectivity index (χ1v) is 9.81. The Morgan fingerprint density at radius 1 is 1.09 bits per heavy atom. The molecule has 2 saturated heterocycles. The number of sulfonamides is 1. The maximum atomic E-state index is 12.6. The van der Waals surface area contributed by atoms with Gasteiger partial charge in [0.05, 0.1) is 0 Å². The molecule has 22 heavy (non-hydrogen) atoms. The molecule has 4 rings (SSSR count). The van der Waals surface area contributed by atoms with Gasteiger partial charge in [-0.05, 0) is 50.2 Å².